The van der Waals surface area contributed by atoms with Crippen molar-refractivity contribution in [1.82, 2.24) is 10.2 Å². The summed E-state index contributed by atoms with van der Waals surface area (Å²) in [6.45, 7) is 4.75. The fourth-order valence-electron chi connectivity index (χ4n) is 3.47. The number of ether oxygens (including phenoxy) is 1. The summed E-state index contributed by atoms with van der Waals surface area (Å²) in [7, 11) is 0. The number of rotatable bonds is 13. The van der Waals surface area contributed by atoms with Gasteiger partial charge in [0.25, 0.3) is 0 Å². The maximum absolute atomic E-state index is 13.0. The van der Waals surface area contributed by atoms with Gasteiger partial charge in [-0.2, -0.15) is 13.2 Å². The fraction of sp³-hybridized carbons (Fsp3) is 0.423. The molecule has 1 aromatic heterocycles. The van der Waals surface area contributed by atoms with Gasteiger partial charge >= 0.3 is 12.1 Å². The number of benzene rings is 2. The first kappa shape index (κ1) is 28.0. The van der Waals surface area contributed by atoms with E-state index in [-0.39, 0.29) is 11.7 Å². The topological polar surface area (TPSA) is 64.1 Å². The number of thioether (sulfide) groups is 1. The molecule has 1 atom stereocenters. The fourth-order valence-corrected chi connectivity index (χ4v) is 5.33. The molecule has 3 rings (SSSR count). The maximum atomic E-state index is 13.0. The summed E-state index contributed by atoms with van der Waals surface area (Å²) in [6.07, 6.45) is 0.251. The molecule has 0 bridgehead atoms. The Kier molecular flexibility index (Phi) is 10.6. The number of carbonyl (C=O) groups is 1. The van der Waals surface area contributed by atoms with E-state index in [0.29, 0.717) is 34.8 Å². The van der Waals surface area contributed by atoms with Crippen LogP contribution in [0.15, 0.2) is 53.4 Å². The number of anilines is 2. The standard InChI is InChI=1S/C26H30F3N3O2S2/c1-3-5-9-18(4-2)17-34-23(33)14-15-35-22-13-7-6-12-21(22)24-31-32-25(36-24)30-20-11-8-10-19(16-20)26(27,28)29/h6-8,10-13,16,18H,3-5,9,14-15,17H2,1-2H3,(H,30,32). The molecule has 0 saturated carbocycles. The SMILES string of the molecule is CCCCC(CC)COC(=O)CCSc1ccccc1-c1nnc(Nc2cccc(C(F)(F)F)c2)s1. The molecule has 0 aliphatic carbocycles. The lowest BCUT2D eigenvalue weighted by molar-refractivity contribution is -0.144. The monoisotopic (exact) mass is 537 g/mol. The van der Waals surface area contributed by atoms with Crippen LogP contribution in [0.3, 0.4) is 0 Å². The van der Waals surface area contributed by atoms with Gasteiger partial charge in [-0.25, -0.2) is 0 Å². The van der Waals surface area contributed by atoms with Gasteiger partial charge in [0.15, 0.2) is 5.01 Å². The van der Waals surface area contributed by atoms with Crippen molar-refractivity contribution in [2.24, 2.45) is 5.92 Å². The van der Waals surface area contributed by atoms with Crippen LogP contribution < -0.4 is 5.32 Å². The Bertz CT molecular complexity index is 1120. The van der Waals surface area contributed by atoms with Gasteiger partial charge in [-0.05, 0) is 36.6 Å². The molecule has 0 aliphatic heterocycles. The van der Waals surface area contributed by atoms with Gasteiger partial charge in [0, 0.05) is 21.9 Å². The molecule has 3 aromatic rings. The van der Waals surface area contributed by atoms with Crippen LogP contribution in [0.25, 0.3) is 10.6 Å². The molecule has 0 radical (unpaired) electrons. The zero-order valence-electron chi connectivity index (χ0n) is 20.3. The number of nitrogens with zero attached hydrogens (tertiary/aromatic N) is 2. The largest absolute Gasteiger partial charge is 0.465 e. The molecular formula is C26H30F3N3O2S2. The Morgan fingerprint density at radius 1 is 1.14 bits per heavy atom. The molecule has 0 spiro atoms. The Morgan fingerprint density at radius 3 is 2.69 bits per heavy atom. The first-order valence-electron chi connectivity index (χ1n) is 12.0. The Labute approximate surface area is 217 Å². The molecule has 0 aliphatic rings. The molecule has 0 saturated heterocycles. The summed E-state index contributed by atoms with van der Waals surface area (Å²) in [5.74, 6) is 0.785. The predicted molar refractivity (Wildman–Crippen MR) is 140 cm³/mol. The van der Waals surface area contributed by atoms with Crippen molar-refractivity contribution in [3.63, 3.8) is 0 Å². The van der Waals surface area contributed by atoms with E-state index in [9.17, 15) is 18.0 Å². The van der Waals surface area contributed by atoms with Gasteiger partial charge in [0.2, 0.25) is 5.13 Å². The highest BCUT2D eigenvalue weighted by molar-refractivity contribution is 7.99. The minimum Gasteiger partial charge on any atom is -0.465 e. The van der Waals surface area contributed by atoms with E-state index in [4.69, 9.17) is 4.74 Å². The van der Waals surface area contributed by atoms with Gasteiger partial charge in [0.1, 0.15) is 0 Å². The number of carbonyl (C=O) groups excluding carboxylic acids is 1. The lowest BCUT2D eigenvalue weighted by Crippen LogP contribution is -2.14. The number of alkyl halides is 3. The first-order valence-corrected chi connectivity index (χ1v) is 13.8. The van der Waals surface area contributed by atoms with Crippen molar-refractivity contribution in [3.8, 4) is 10.6 Å². The summed E-state index contributed by atoms with van der Waals surface area (Å²) < 4.78 is 44.4. The molecular weight excluding hydrogens is 507 g/mol. The second-order valence-electron chi connectivity index (χ2n) is 8.31. The number of hydrogen-bond donors (Lipinski definition) is 1. The molecule has 194 valence electrons. The van der Waals surface area contributed by atoms with Crippen molar-refractivity contribution < 1.29 is 22.7 Å². The van der Waals surface area contributed by atoms with Crippen molar-refractivity contribution in [3.05, 3.63) is 54.1 Å². The summed E-state index contributed by atoms with van der Waals surface area (Å²) in [6, 6.07) is 12.6. The van der Waals surface area contributed by atoms with E-state index in [1.165, 1.54) is 29.2 Å². The number of aromatic nitrogens is 2. The third-order valence-corrected chi connectivity index (χ3v) is 7.52. The molecule has 2 aromatic carbocycles. The van der Waals surface area contributed by atoms with Crippen LogP contribution in [0.5, 0.6) is 0 Å². The second-order valence-corrected chi connectivity index (χ2v) is 10.4. The number of halogens is 3. The minimum atomic E-state index is -4.42. The average molecular weight is 538 g/mol. The lowest BCUT2D eigenvalue weighted by atomic mass is 10.0. The third kappa shape index (κ3) is 8.51. The molecule has 36 heavy (non-hydrogen) atoms. The van der Waals surface area contributed by atoms with Crippen LogP contribution in [-0.2, 0) is 15.7 Å². The van der Waals surface area contributed by atoms with Crippen molar-refractivity contribution in [2.75, 3.05) is 17.7 Å². The lowest BCUT2D eigenvalue weighted by Gasteiger charge is -2.14. The summed E-state index contributed by atoms with van der Waals surface area (Å²) in [5.41, 5.74) is 0.411. The van der Waals surface area contributed by atoms with Gasteiger partial charge in [-0.1, -0.05) is 68.7 Å². The quantitative estimate of drug-likeness (QED) is 0.175. The van der Waals surface area contributed by atoms with Crippen molar-refractivity contribution in [1.29, 1.82) is 0 Å². The van der Waals surface area contributed by atoms with Crippen LogP contribution in [0, 0.1) is 5.92 Å². The zero-order chi connectivity index (χ0) is 26.0. The van der Waals surface area contributed by atoms with Crippen LogP contribution in [-0.4, -0.2) is 28.5 Å². The van der Waals surface area contributed by atoms with Gasteiger partial charge in [-0.15, -0.1) is 22.0 Å². The smallest absolute Gasteiger partial charge is 0.416 e. The number of hydrogen-bond acceptors (Lipinski definition) is 7. The highest BCUT2D eigenvalue weighted by atomic mass is 32.2. The molecule has 0 fully saturated rings. The van der Waals surface area contributed by atoms with E-state index >= 15 is 0 Å². The van der Waals surface area contributed by atoms with Gasteiger partial charge < -0.3 is 10.1 Å². The second kappa shape index (κ2) is 13.6. The van der Waals surface area contributed by atoms with Crippen LogP contribution in [0.1, 0.15) is 51.5 Å². The van der Waals surface area contributed by atoms with Crippen LogP contribution in [0.2, 0.25) is 0 Å². The van der Waals surface area contributed by atoms with E-state index in [2.05, 4.69) is 29.4 Å². The van der Waals surface area contributed by atoms with E-state index in [1.807, 2.05) is 24.3 Å². The Morgan fingerprint density at radius 2 is 1.94 bits per heavy atom. The highest BCUT2D eigenvalue weighted by Gasteiger charge is 2.30. The molecule has 1 N–H and O–H groups in total. The maximum Gasteiger partial charge on any atom is 0.416 e. The Hall–Kier alpha value is -2.59. The van der Waals surface area contributed by atoms with E-state index < -0.39 is 11.7 Å². The minimum absolute atomic E-state index is 0.196. The normalized spacial score (nSPS) is 12.4. The van der Waals surface area contributed by atoms with E-state index in [1.54, 1.807) is 6.07 Å². The van der Waals surface area contributed by atoms with Gasteiger partial charge in [-0.3, -0.25) is 4.79 Å². The van der Waals surface area contributed by atoms with Crippen molar-refractivity contribution in [2.45, 2.75) is 57.0 Å². The average Bonchev–Trinajstić information content (AvgIpc) is 3.32. The zero-order valence-corrected chi connectivity index (χ0v) is 21.9. The molecule has 10 heteroatoms. The van der Waals surface area contributed by atoms with Crippen LogP contribution >= 0.6 is 23.1 Å². The summed E-state index contributed by atoms with van der Waals surface area (Å²) in [5, 5.41) is 12.2. The Balaban J connectivity index is 1.57. The number of nitrogens with one attached hydrogen (secondary N) is 1. The number of esters is 1. The molecule has 5 nitrogen and oxygen atoms in total. The van der Waals surface area contributed by atoms with Crippen LogP contribution in [0.4, 0.5) is 24.0 Å². The highest BCUT2D eigenvalue weighted by Crippen LogP contribution is 2.36. The number of unbranched alkanes of at least 4 members (excludes halogenated alkanes) is 1. The summed E-state index contributed by atoms with van der Waals surface area (Å²) in [4.78, 5) is 13.2. The van der Waals surface area contributed by atoms with Crippen molar-refractivity contribution >= 4 is 39.9 Å². The molecule has 1 heterocycles. The molecule has 0 amide bonds. The first-order chi connectivity index (χ1) is 17.3. The summed E-state index contributed by atoms with van der Waals surface area (Å²) >= 11 is 2.78. The van der Waals surface area contributed by atoms with E-state index in [0.717, 1.165) is 48.3 Å². The van der Waals surface area contributed by atoms with Gasteiger partial charge in [0.05, 0.1) is 18.6 Å². The molecule has 1 unspecified atom stereocenters. The predicted octanol–water partition coefficient (Wildman–Crippen LogP) is 8.21. The third-order valence-electron chi connectivity index (χ3n) is 5.57.